The van der Waals surface area contributed by atoms with E-state index in [0.29, 0.717) is 18.2 Å². The fraction of sp³-hybridized carbons (Fsp3) is 1.00. The van der Waals surface area contributed by atoms with Crippen molar-refractivity contribution in [3.8, 4) is 0 Å². The predicted octanol–water partition coefficient (Wildman–Crippen LogP) is 1.18. The lowest BCUT2D eigenvalue weighted by atomic mass is 10.0. The molecule has 0 aliphatic carbocycles. The van der Waals surface area contributed by atoms with Crippen LogP contribution in [0.2, 0.25) is 0 Å². The van der Waals surface area contributed by atoms with Gasteiger partial charge in [-0.1, -0.05) is 0 Å². The van der Waals surface area contributed by atoms with Crippen LogP contribution in [0.15, 0.2) is 0 Å². The lowest BCUT2D eigenvalue weighted by molar-refractivity contribution is 0.00951. The summed E-state index contributed by atoms with van der Waals surface area (Å²) in [7, 11) is 1.74. The molecule has 0 bridgehead atoms. The molecule has 1 aliphatic heterocycles. The van der Waals surface area contributed by atoms with Crippen LogP contribution in [0.25, 0.3) is 0 Å². The zero-order chi connectivity index (χ0) is 9.68. The maximum Gasteiger partial charge on any atom is 0.0613 e. The topological polar surface area (TPSA) is 30.5 Å². The maximum atomic E-state index is 5.48. The van der Waals surface area contributed by atoms with E-state index in [-0.39, 0.29) is 0 Å². The molecule has 0 radical (unpaired) electrons. The molecule has 1 saturated heterocycles. The highest BCUT2D eigenvalue weighted by molar-refractivity contribution is 4.77. The van der Waals surface area contributed by atoms with Crippen molar-refractivity contribution in [2.75, 3.05) is 20.3 Å². The van der Waals surface area contributed by atoms with E-state index in [4.69, 9.17) is 9.47 Å². The second-order valence-corrected chi connectivity index (χ2v) is 3.93. The Hall–Kier alpha value is -0.120. The van der Waals surface area contributed by atoms with Crippen LogP contribution in [-0.2, 0) is 9.47 Å². The summed E-state index contributed by atoms with van der Waals surface area (Å²) in [6.07, 6.45) is 2.65. The van der Waals surface area contributed by atoms with E-state index in [1.54, 1.807) is 7.11 Å². The molecule has 78 valence electrons. The lowest BCUT2D eigenvalue weighted by Crippen LogP contribution is -2.43. The van der Waals surface area contributed by atoms with Gasteiger partial charge in [0.25, 0.3) is 0 Å². The highest BCUT2D eigenvalue weighted by atomic mass is 16.5. The van der Waals surface area contributed by atoms with Gasteiger partial charge >= 0.3 is 0 Å². The first-order valence-electron chi connectivity index (χ1n) is 5.09. The zero-order valence-corrected chi connectivity index (χ0v) is 8.88. The number of rotatable bonds is 4. The summed E-state index contributed by atoms with van der Waals surface area (Å²) in [5.74, 6) is 0. The third kappa shape index (κ3) is 4.07. The molecule has 1 rings (SSSR count). The van der Waals surface area contributed by atoms with Gasteiger partial charge in [0, 0.05) is 25.8 Å². The summed E-state index contributed by atoms with van der Waals surface area (Å²) in [5.41, 5.74) is 0. The molecule has 1 N–H and O–H groups in total. The first-order valence-corrected chi connectivity index (χ1v) is 5.09. The van der Waals surface area contributed by atoms with E-state index in [2.05, 4.69) is 19.2 Å². The van der Waals surface area contributed by atoms with E-state index in [1.807, 2.05) is 0 Å². The molecule has 3 atom stereocenters. The molecule has 0 saturated carbocycles. The zero-order valence-electron chi connectivity index (χ0n) is 8.88. The van der Waals surface area contributed by atoms with Gasteiger partial charge in [0.1, 0.15) is 0 Å². The highest BCUT2D eigenvalue weighted by Crippen LogP contribution is 2.13. The molecule has 3 heteroatoms. The molecule has 1 heterocycles. The average molecular weight is 187 g/mol. The smallest absolute Gasteiger partial charge is 0.0613 e. The minimum atomic E-state index is 0.404. The molecule has 0 aromatic rings. The van der Waals surface area contributed by atoms with Crippen molar-refractivity contribution in [3.05, 3.63) is 0 Å². The fourth-order valence-electron chi connectivity index (χ4n) is 1.85. The standard InChI is InChI=1S/C10H21NO2/c1-8(7-12-3)11-10-4-5-13-9(2)6-10/h8-11H,4-7H2,1-3H3. The normalized spacial score (nSPS) is 31.6. The largest absolute Gasteiger partial charge is 0.383 e. The van der Waals surface area contributed by atoms with Crippen molar-refractivity contribution in [2.24, 2.45) is 0 Å². The predicted molar refractivity (Wildman–Crippen MR) is 52.9 cm³/mol. The third-order valence-electron chi connectivity index (χ3n) is 2.42. The van der Waals surface area contributed by atoms with Gasteiger partial charge in [0.15, 0.2) is 0 Å². The highest BCUT2D eigenvalue weighted by Gasteiger charge is 2.20. The minimum absolute atomic E-state index is 0.404. The van der Waals surface area contributed by atoms with Crippen LogP contribution >= 0.6 is 0 Å². The summed E-state index contributed by atoms with van der Waals surface area (Å²) < 4.78 is 10.6. The molecular formula is C10H21NO2. The minimum Gasteiger partial charge on any atom is -0.383 e. The molecule has 3 unspecified atom stereocenters. The Kier molecular flexibility index (Phi) is 4.70. The van der Waals surface area contributed by atoms with Gasteiger partial charge in [0.05, 0.1) is 12.7 Å². The summed E-state index contributed by atoms with van der Waals surface area (Å²) in [4.78, 5) is 0. The number of nitrogens with one attached hydrogen (secondary N) is 1. The average Bonchev–Trinajstić information content (AvgIpc) is 2.04. The maximum absolute atomic E-state index is 5.48. The van der Waals surface area contributed by atoms with Crippen LogP contribution in [0.5, 0.6) is 0 Å². The van der Waals surface area contributed by atoms with Gasteiger partial charge in [-0.2, -0.15) is 0 Å². The van der Waals surface area contributed by atoms with Gasteiger partial charge in [0.2, 0.25) is 0 Å². The lowest BCUT2D eigenvalue weighted by Gasteiger charge is -2.30. The number of hydrogen-bond acceptors (Lipinski definition) is 3. The second-order valence-electron chi connectivity index (χ2n) is 3.93. The van der Waals surface area contributed by atoms with E-state index >= 15 is 0 Å². The third-order valence-corrected chi connectivity index (χ3v) is 2.42. The molecule has 0 amide bonds. The van der Waals surface area contributed by atoms with Gasteiger partial charge in [-0.15, -0.1) is 0 Å². The van der Waals surface area contributed by atoms with Crippen LogP contribution < -0.4 is 5.32 Å². The number of methoxy groups -OCH3 is 1. The molecule has 0 aromatic carbocycles. The van der Waals surface area contributed by atoms with E-state index in [1.165, 1.54) is 0 Å². The molecular weight excluding hydrogens is 166 g/mol. The monoisotopic (exact) mass is 187 g/mol. The van der Waals surface area contributed by atoms with Crippen molar-refractivity contribution < 1.29 is 9.47 Å². The van der Waals surface area contributed by atoms with Crippen LogP contribution in [0, 0.1) is 0 Å². The Morgan fingerprint density at radius 3 is 3.00 bits per heavy atom. The molecule has 1 aliphatic rings. The van der Waals surface area contributed by atoms with E-state index in [0.717, 1.165) is 26.1 Å². The Morgan fingerprint density at radius 1 is 1.62 bits per heavy atom. The molecule has 0 aromatic heterocycles. The molecule has 3 nitrogen and oxygen atoms in total. The van der Waals surface area contributed by atoms with Crippen LogP contribution in [-0.4, -0.2) is 38.5 Å². The van der Waals surface area contributed by atoms with Crippen LogP contribution in [0.4, 0.5) is 0 Å². The second kappa shape index (κ2) is 5.58. The van der Waals surface area contributed by atoms with Crippen LogP contribution in [0.1, 0.15) is 26.7 Å². The van der Waals surface area contributed by atoms with Crippen molar-refractivity contribution in [1.29, 1.82) is 0 Å². The Morgan fingerprint density at radius 2 is 2.38 bits per heavy atom. The van der Waals surface area contributed by atoms with Crippen molar-refractivity contribution in [1.82, 2.24) is 5.32 Å². The van der Waals surface area contributed by atoms with Gasteiger partial charge < -0.3 is 14.8 Å². The summed E-state index contributed by atoms with van der Waals surface area (Å²) >= 11 is 0. The van der Waals surface area contributed by atoms with Crippen LogP contribution in [0.3, 0.4) is 0 Å². The first-order chi connectivity index (χ1) is 6.22. The van der Waals surface area contributed by atoms with Gasteiger partial charge in [-0.25, -0.2) is 0 Å². The van der Waals surface area contributed by atoms with E-state index in [9.17, 15) is 0 Å². The van der Waals surface area contributed by atoms with Crippen molar-refractivity contribution in [2.45, 2.75) is 44.9 Å². The molecule has 1 fully saturated rings. The summed E-state index contributed by atoms with van der Waals surface area (Å²) in [5, 5.41) is 3.55. The van der Waals surface area contributed by atoms with Gasteiger partial charge in [-0.05, 0) is 26.7 Å². The van der Waals surface area contributed by atoms with Gasteiger partial charge in [-0.3, -0.25) is 0 Å². The Labute approximate surface area is 80.8 Å². The summed E-state index contributed by atoms with van der Waals surface area (Å²) in [6, 6.07) is 1.05. The molecule has 0 spiro atoms. The number of hydrogen-bond donors (Lipinski definition) is 1. The Balaban J connectivity index is 2.19. The Bertz CT molecular complexity index is 141. The van der Waals surface area contributed by atoms with Crippen molar-refractivity contribution in [3.63, 3.8) is 0 Å². The molecule has 13 heavy (non-hydrogen) atoms. The summed E-state index contributed by atoms with van der Waals surface area (Å²) in [6.45, 7) is 5.96. The first kappa shape index (κ1) is 11.0. The van der Waals surface area contributed by atoms with Crippen molar-refractivity contribution >= 4 is 0 Å². The van der Waals surface area contributed by atoms with E-state index < -0.39 is 0 Å². The quantitative estimate of drug-likeness (QED) is 0.717. The fourth-order valence-corrected chi connectivity index (χ4v) is 1.85. The number of ether oxygens (including phenoxy) is 2. The SMILES string of the molecule is COCC(C)NC1CCOC(C)C1.